The van der Waals surface area contributed by atoms with Gasteiger partial charge in [-0.2, -0.15) is 0 Å². The number of rotatable bonds is 8. The van der Waals surface area contributed by atoms with Gasteiger partial charge < -0.3 is 10.1 Å². The highest BCUT2D eigenvalue weighted by atomic mass is 35.5. The highest BCUT2D eigenvalue weighted by molar-refractivity contribution is 7.20. The molecule has 2 heterocycles. The minimum absolute atomic E-state index is 0.0137. The van der Waals surface area contributed by atoms with E-state index in [4.69, 9.17) is 16.3 Å². The minimum Gasteiger partial charge on any atom is -0.466 e. The summed E-state index contributed by atoms with van der Waals surface area (Å²) in [5, 5.41) is 2.96. The summed E-state index contributed by atoms with van der Waals surface area (Å²) in [5.74, 6) is 0.0199. The molecule has 0 bridgehead atoms. The maximum atomic E-state index is 14.0. The van der Waals surface area contributed by atoms with E-state index < -0.39 is 5.82 Å². The molecule has 5 rings (SSSR count). The molecule has 0 saturated heterocycles. The maximum absolute atomic E-state index is 14.0. The van der Waals surface area contributed by atoms with Crippen molar-refractivity contribution in [2.24, 2.45) is 5.92 Å². The van der Waals surface area contributed by atoms with Crippen LogP contribution in [0.25, 0.3) is 15.4 Å². The van der Waals surface area contributed by atoms with Crippen LogP contribution in [-0.2, 0) is 16.1 Å². The Morgan fingerprint density at radius 3 is 2.58 bits per heavy atom. The molecular formula is C29H29ClFN3O3S. The average molecular weight is 554 g/mol. The molecular weight excluding hydrogens is 525 g/mol. The van der Waals surface area contributed by atoms with Gasteiger partial charge in [0.1, 0.15) is 11.5 Å². The Balaban J connectivity index is 1.19. The van der Waals surface area contributed by atoms with Gasteiger partial charge in [-0.1, -0.05) is 53.3 Å². The van der Waals surface area contributed by atoms with E-state index >= 15 is 0 Å². The Hall–Kier alpha value is -3.23. The number of nitrogens with one attached hydrogen (secondary N) is 1. The van der Waals surface area contributed by atoms with Gasteiger partial charge in [0, 0.05) is 35.9 Å². The van der Waals surface area contributed by atoms with E-state index in [1.54, 1.807) is 12.3 Å². The lowest BCUT2D eigenvalue weighted by molar-refractivity contribution is -0.144. The predicted molar refractivity (Wildman–Crippen MR) is 147 cm³/mol. The summed E-state index contributed by atoms with van der Waals surface area (Å²) >= 11 is 7.55. The molecule has 1 saturated carbocycles. The molecule has 0 atom stereocenters. The Bertz CT molecular complexity index is 1390. The molecule has 198 valence electrons. The van der Waals surface area contributed by atoms with Crippen LogP contribution in [-0.4, -0.2) is 27.9 Å². The second-order valence-corrected chi connectivity index (χ2v) is 11.1. The second kappa shape index (κ2) is 11.7. The van der Waals surface area contributed by atoms with Crippen LogP contribution in [0.5, 0.6) is 0 Å². The van der Waals surface area contributed by atoms with Gasteiger partial charge in [0.2, 0.25) is 0 Å². The highest BCUT2D eigenvalue weighted by Crippen LogP contribution is 2.38. The van der Waals surface area contributed by atoms with Crippen LogP contribution >= 0.6 is 22.9 Å². The molecule has 0 aliphatic heterocycles. The zero-order valence-electron chi connectivity index (χ0n) is 21.1. The molecule has 38 heavy (non-hydrogen) atoms. The maximum Gasteiger partial charge on any atom is 0.306 e. The first-order chi connectivity index (χ1) is 18.4. The van der Waals surface area contributed by atoms with Crippen molar-refractivity contribution in [3.63, 3.8) is 0 Å². The number of hydrogen-bond acceptors (Lipinski definition) is 5. The molecule has 1 aliphatic rings. The topological polar surface area (TPSA) is 72.7 Å². The largest absolute Gasteiger partial charge is 0.466 e. The van der Waals surface area contributed by atoms with E-state index in [0.29, 0.717) is 29.8 Å². The first-order valence-corrected chi connectivity index (χ1v) is 14.1. The summed E-state index contributed by atoms with van der Waals surface area (Å²) in [4.78, 5) is 30.6. The number of thiazole rings is 1. The summed E-state index contributed by atoms with van der Waals surface area (Å²) in [6.07, 6.45) is 8.45. The summed E-state index contributed by atoms with van der Waals surface area (Å²) in [6, 6.07) is 13.1. The third kappa shape index (κ3) is 5.92. The van der Waals surface area contributed by atoms with Crippen LogP contribution in [0, 0.1) is 11.7 Å². The van der Waals surface area contributed by atoms with Crippen LogP contribution in [0.3, 0.4) is 0 Å². The normalized spacial score (nSPS) is 17.4. The van der Waals surface area contributed by atoms with E-state index in [-0.39, 0.29) is 34.7 Å². The molecule has 9 heteroatoms. The molecule has 4 aromatic rings. The number of imidazole rings is 1. The summed E-state index contributed by atoms with van der Waals surface area (Å²) < 4.78 is 20.9. The molecule has 0 radical (unpaired) electrons. The number of carbonyl (C=O) groups is 2. The summed E-state index contributed by atoms with van der Waals surface area (Å²) in [5.41, 5.74) is 2.95. The van der Waals surface area contributed by atoms with Crippen molar-refractivity contribution in [1.82, 2.24) is 14.7 Å². The second-order valence-electron chi connectivity index (χ2n) is 9.64. The van der Waals surface area contributed by atoms with Crippen molar-refractivity contribution >= 4 is 39.8 Å². The van der Waals surface area contributed by atoms with Gasteiger partial charge in [-0.25, -0.2) is 9.37 Å². The van der Waals surface area contributed by atoms with E-state index in [1.807, 2.05) is 17.5 Å². The Kier molecular flexibility index (Phi) is 8.09. The fourth-order valence-electron chi connectivity index (χ4n) is 5.07. The number of hydrogen-bond donors (Lipinski definition) is 1. The van der Waals surface area contributed by atoms with Gasteiger partial charge in [-0.05, 0) is 67.7 Å². The zero-order chi connectivity index (χ0) is 26.6. The lowest BCUT2D eigenvalue weighted by Crippen LogP contribution is -2.23. The fraction of sp³-hybridized carbons (Fsp3) is 0.345. The summed E-state index contributed by atoms with van der Waals surface area (Å²) in [7, 11) is 0. The van der Waals surface area contributed by atoms with Crippen LogP contribution in [0.15, 0.2) is 54.9 Å². The molecule has 1 N–H and O–H groups in total. The van der Waals surface area contributed by atoms with Crippen LogP contribution in [0.1, 0.15) is 66.6 Å². The Morgan fingerprint density at radius 2 is 1.89 bits per heavy atom. The Morgan fingerprint density at radius 1 is 1.13 bits per heavy atom. The Labute approximate surface area is 229 Å². The number of amides is 1. The number of ether oxygens (including phenoxy) is 1. The van der Waals surface area contributed by atoms with Crippen LogP contribution in [0.4, 0.5) is 4.39 Å². The highest BCUT2D eigenvalue weighted by Gasteiger charge is 2.24. The molecule has 1 fully saturated rings. The molecule has 1 amide bonds. The van der Waals surface area contributed by atoms with Gasteiger partial charge in [-0.3, -0.25) is 14.0 Å². The number of halogens is 2. The lowest BCUT2D eigenvalue weighted by atomic mass is 9.77. The minimum atomic E-state index is -0.457. The third-order valence-corrected chi connectivity index (χ3v) is 8.55. The van der Waals surface area contributed by atoms with E-state index in [0.717, 1.165) is 36.1 Å². The van der Waals surface area contributed by atoms with Crippen molar-refractivity contribution < 1.29 is 18.7 Å². The third-order valence-electron chi connectivity index (χ3n) is 7.15. The molecule has 6 nitrogen and oxygen atoms in total. The SMILES string of the molecule is CCOC(=O)CC1CCC(c2ccc(-c3cn4cc(C(=O)NCc5c(F)cccc5Cl)nc4s3)cc2)CC1. The van der Waals surface area contributed by atoms with Crippen LogP contribution in [0.2, 0.25) is 5.02 Å². The van der Waals surface area contributed by atoms with E-state index in [1.165, 1.54) is 29.0 Å². The van der Waals surface area contributed by atoms with E-state index in [2.05, 4.69) is 34.6 Å². The number of aromatic nitrogens is 2. The number of benzene rings is 2. The monoisotopic (exact) mass is 553 g/mol. The van der Waals surface area contributed by atoms with Crippen molar-refractivity contribution in [3.8, 4) is 10.4 Å². The average Bonchev–Trinajstić information content (AvgIpc) is 3.49. The van der Waals surface area contributed by atoms with Gasteiger partial charge in [-0.15, -0.1) is 0 Å². The van der Waals surface area contributed by atoms with Crippen molar-refractivity contribution in [1.29, 1.82) is 0 Å². The van der Waals surface area contributed by atoms with Crippen LogP contribution < -0.4 is 5.32 Å². The van der Waals surface area contributed by atoms with Crippen molar-refractivity contribution in [2.75, 3.05) is 6.61 Å². The van der Waals surface area contributed by atoms with Gasteiger partial charge in [0.25, 0.3) is 5.91 Å². The van der Waals surface area contributed by atoms with Gasteiger partial charge in [0.05, 0.1) is 11.5 Å². The smallest absolute Gasteiger partial charge is 0.306 e. The van der Waals surface area contributed by atoms with E-state index in [9.17, 15) is 14.0 Å². The first-order valence-electron chi connectivity index (χ1n) is 12.9. The number of nitrogens with zero attached hydrogens (tertiary/aromatic N) is 2. The molecule has 0 unspecified atom stereocenters. The van der Waals surface area contributed by atoms with Crippen molar-refractivity contribution in [2.45, 2.75) is 51.5 Å². The van der Waals surface area contributed by atoms with Crippen molar-refractivity contribution in [3.05, 3.63) is 82.5 Å². The molecule has 2 aromatic carbocycles. The molecule has 1 aliphatic carbocycles. The van der Waals surface area contributed by atoms with Gasteiger partial charge in [0.15, 0.2) is 4.96 Å². The summed E-state index contributed by atoms with van der Waals surface area (Å²) in [6.45, 7) is 2.28. The fourth-order valence-corrected chi connectivity index (χ4v) is 6.28. The standard InChI is InChI=1S/C29H29ClFN3O3S/c1-2-37-27(35)14-18-6-8-19(9-7-18)20-10-12-21(13-11-20)26-17-34-16-25(33-29(34)38-26)28(36)32-15-22-23(30)4-3-5-24(22)31/h3-5,10-13,16-19H,2,6-9,14-15H2,1H3,(H,32,36). The zero-order valence-corrected chi connectivity index (χ0v) is 22.7. The van der Waals surface area contributed by atoms with Gasteiger partial charge >= 0.3 is 5.97 Å². The quantitative estimate of drug-likeness (QED) is 0.238. The lowest BCUT2D eigenvalue weighted by Gasteiger charge is -2.28. The molecule has 0 spiro atoms. The first kappa shape index (κ1) is 26.4. The number of fused-ring (bicyclic) bond motifs is 1. The number of esters is 1. The number of carbonyl (C=O) groups excluding carboxylic acids is 2. The predicted octanol–water partition coefficient (Wildman–Crippen LogP) is 7.01. The molecule has 2 aromatic heterocycles.